The van der Waals surface area contributed by atoms with Crippen LogP contribution in [0.3, 0.4) is 0 Å². The number of piperidine rings is 1. The number of carbonyl (C=O) groups is 1. The van der Waals surface area contributed by atoms with Crippen molar-refractivity contribution in [2.45, 2.75) is 39.2 Å². The SMILES string of the molecule is CCCN1CCC(=O)C[C@H]1C. The molecule has 0 unspecified atom stereocenters. The minimum Gasteiger partial charge on any atom is -0.300 e. The Labute approximate surface area is 68.6 Å². The third-order valence-corrected chi connectivity index (χ3v) is 2.34. The number of rotatable bonds is 2. The number of carbonyl (C=O) groups excluding carboxylic acids is 1. The van der Waals surface area contributed by atoms with Crippen LogP contribution in [0.1, 0.15) is 33.1 Å². The van der Waals surface area contributed by atoms with E-state index in [-0.39, 0.29) is 0 Å². The molecule has 0 spiro atoms. The lowest BCUT2D eigenvalue weighted by molar-refractivity contribution is -0.122. The third-order valence-electron chi connectivity index (χ3n) is 2.34. The van der Waals surface area contributed by atoms with Crippen molar-refractivity contribution in [2.75, 3.05) is 13.1 Å². The van der Waals surface area contributed by atoms with Crippen LogP contribution in [0.15, 0.2) is 0 Å². The lowest BCUT2D eigenvalue weighted by Crippen LogP contribution is -2.41. The number of ketones is 1. The van der Waals surface area contributed by atoms with Crippen LogP contribution < -0.4 is 0 Å². The first-order valence-corrected chi connectivity index (χ1v) is 4.49. The van der Waals surface area contributed by atoms with Crippen molar-refractivity contribution < 1.29 is 4.79 Å². The molecule has 64 valence electrons. The first kappa shape index (κ1) is 8.72. The van der Waals surface area contributed by atoms with Gasteiger partial charge in [-0.05, 0) is 19.9 Å². The maximum atomic E-state index is 11.0. The van der Waals surface area contributed by atoms with E-state index in [9.17, 15) is 4.79 Å². The summed E-state index contributed by atoms with van der Waals surface area (Å²) >= 11 is 0. The lowest BCUT2D eigenvalue weighted by atomic mass is 10.0. The van der Waals surface area contributed by atoms with Crippen LogP contribution >= 0.6 is 0 Å². The van der Waals surface area contributed by atoms with Crippen LogP contribution in [0, 0.1) is 0 Å². The summed E-state index contributed by atoms with van der Waals surface area (Å²) in [5, 5.41) is 0. The molecule has 1 heterocycles. The van der Waals surface area contributed by atoms with Crippen molar-refractivity contribution in [3.05, 3.63) is 0 Å². The van der Waals surface area contributed by atoms with Gasteiger partial charge in [-0.15, -0.1) is 0 Å². The molecule has 0 amide bonds. The lowest BCUT2D eigenvalue weighted by Gasteiger charge is -2.32. The zero-order chi connectivity index (χ0) is 8.27. The number of Topliss-reactive ketones (excluding diaryl/α,β-unsaturated/α-hetero) is 1. The highest BCUT2D eigenvalue weighted by molar-refractivity contribution is 5.79. The monoisotopic (exact) mass is 155 g/mol. The number of hydrogen-bond donors (Lipinski definition) is 0. The van der Waals surface area contributed by atoms with E-state index in [1.54, 1.807) is 0 Å². The molecule has 0 aliphatic carbocycles. The Hall–Kier alpha value is -0.370. The first-order valence-electron chi connectivity index (χ1n) is 4.49. The van der Waals surface area contributed by atoms with E-state index in [0.29, 0.717) is 11.8 Å². The van der Waals surface area contributed by atoms with Gasteiger partial charge in [0, 0.05) is 25.4 Å². The fourth-order valence-corrected chi connectivity index (χ4v) is 1.67. The van der Waals surface area contributed by atoms with E-state index in [2.05, 4.69) is 18.7 Å². The fourth-order valence-electron chi connectivity index (χ4n) is 1.67. The average Bonchev–Trinajstić information content (AvgIpc) is 1.95. The molecule has 0 aromatic rings. The molecule has 2 nitrogen and oxygen atoms in total. The molecule has 0 radical (unpaired) electrons. The Morgan fingerprint density at radius 3 is 2.91 bits per heavy atom. The molecule has 1 aliphatic heterocycles. The van der Waals surface area contributed by atoms with Crippen LogP contribution in [0.25, 0.3) is 0 Å². The molecule has 0 N–H and O–H groups in total. The molecule has 1 aliphatic rings. The Balaban J connectivity index is 2.37. The minimum atomic E-state index is 0.435. The molecular weight excluding hydrogens is 138 g/mol. The highest BCUT2D eigenvalue weighted by atomic mass is 16.1. The smallest absolute Gasteiger partial charge is 0.135 e. The standard InChI is InChI=1S/C9H17NO/c1-3-5-10-6-4-9(11)7-8(10)2/h8H,3-7H2,1-2H3/t8-/m1/s1. The van der Waals surface area contributed by atoms with Crippen molar-refractivity contribution >= 4 is 5.78 Å². The van der Waals surface area contributed by atoms with Gasteiger partial charge in [-0.3, -0.25) is 9.69 Å². The third kappa shape index (κ3) is 2.29. The van der Waals surface area contributed by atoms with Gasteiger partial charge in [0.05, 0.1) is 0 Å². The van der Waals surface area contributed by atoms with Gasteiger partial charge < -0.3 is 0 Å². The summed E-state index contributed by atoms with van der Waals surface area (Å²) in [4.78, 5) is 13.4. The summed E-state index contributed by atoms with van der Waals surface area (Å²) in [6, 6.07) is 0.483. The van der Waals surface area contributed by atoms with Gasteiger partial charge in [0.25, 0.3) is 0 Å². The predicted octanol–water partition coefficient (Wildman–Crippen LogP) is 1.45. The van der Waals surface area contributed by atoms with Gasteiger partial charge in [-0.2, -0.15) is 0 Å². The van der Waals surface area contributed by atoms with Crippen molar-refractivity contribution in [1.29, 1.82) is 0 Å². The largest absolute Gasteiger partial charge is 0.300 e. The van der Waals surface area contributed by atoms with Gasteiger partial charge in [-0.1, -0.05) is 6.92 Å². The van der Waals surface area contributed by atoms with Gasteiger partial charge in [0.2, 0.25) is 0 Å². The van der Waals surface area contributed by atoms with E-state index in [1.165, 1.54) is 6.42 Å². The van der Waals surface area contributed by atoms with Crippen LogP contribution in [0.2, 0.25) is 0 Å². The molecule has 2 heteroatoms. The van der Waals surface area contributed by atoms with E-state index in [1.807, 2.05) is 0 Å². The molecule has 1 fully saturated rings. The van der Waals surface area contributed by atoms with Crippen LogP contribution in [0.5, 0.6) is 0 Å². The van der Waals surface area contributed by atoms with Crippen molar-refractivity contribution in [3.63, 3.8) is 0 Å². The summed E-state index contributed by atoms with van der Waals surface area (Å²) in [7, 11) is 0. The van der Waals surface area contributed by atoms with E-state index >= 15 is 0 Å². The summed E-state index contributed by atoms with van der Waals surface area (Å²) < 4.78 is 0. The Bertz CT molecular complexity index is 144. The van der Waals surface area contributed by atoms with Gasteiger partial charge in [-0.25, -0.2) is 0 Å². The fraction of sp³-hybridized carbons (Fsp3) is 0.889. The Morgan fingerprint density at radius 2 is 2.36 bits per heavy atom. The highest BCUT2D eigenvalue weighted by Crippen LogP contribution is 2.13. The van der Waals surface area contributed by atoms with E-state index < -0.39 is 0 Å². The van der Waals surface area contributed by atoms with Crippen LogP contribution in [-0.4, -0.2) is 29.8 Å². The molecule has 1 rings (SSSR count). The van der Waals surface area contributed by atoms with Crippen molar-refractivity contribution in [1.82, 2.24) is 4.90 Å². The topological polar surface area (TPSA) is 20.3 Å². The van der Waals surface area contributed by atoms with Crippen molar-refractivity contribution in [2.24, 2.45) is 0 Å². The number of hydrogen-bond acceptors (Lipinski definition) is 2. The number of nitrogens with zero attached hydrogens (tertiary/aromatic N) is 1. The normalized spacial score (nSPS) is 27.5. The van der Waals surface area contributed by atoms with Gasteiger partial charge in [0.15, 0.2) is 0 Å². The van der Waals surface area contributed by atoms with Gasteiger partial charge in [0.1, 0.15) is 5.78 Å². The van der Waals surface area contributed by atoms with Crippen molar-refractivity contribution in [3.8, 4) is 0 Å². The van der Waals surface area contributed by atoms with Crippen LogP contribution in [0.4, 0.5) is 0 Å². The zero-order valence-electron chi connectivity index (χ0n) is 7.47. The van der Waals surface area contributed by atoms with E-state index in [0.717, 1.165) is 25.9 Å². The molecule has 0 bridgehead atoms. The molecule has 11 heavy (non-hydrogen) atoms. The maximum Gasteiger partial charge on any atom is 0.135 e. The Morgan fingerprint density at radius 1 is 1.64 bits per heavy atom. The molecule has 0 saturated carbocycles. The molecule has 0 aromatic carbocycles. The summed E-state index contributed by atoms with van der Waals surface area (Å²) in [5.74, 6) is 0.435. The highest BCUT2D eigenvalue weighted by Gasteiger charge is 2.21. The second-order valence-electron chi connectivity index (χ2n) is 3.38. The second-order valence-corrected chi connectivity index (χ2v) is 3.38. The summed E-state index contributed by atoms with van der Waals surface area (Å²) in [6.07, 6.45) is 2.73. The quantitative estimate of drug-likeness (QED) is 0.601. The first-order chi connectivity index (χ1) is 5.24. The van der Waals surface area contributed by atoms with Gasteiger partial charge >= 0.3 is 0 Å². The number of likely N-dealkylation sites (tertiary alicyclic amines) is 1. The maximum absolute atomic E-state index is 11.0. The summed E-state index contributed by atoms with van der Waals surface area (Å²) in [6.45, 7) is 6.46. The predicted molar refractivity (Wildman–Crippen MR) is 45.6 cm³/mol. The molecular formula is C9H17NO. The molecule has 1 atom stereocenters. The van der Waals surface area contributed by atoms with E-state index in [4.69, 9.17) is 0 Å². The summed E-state index contributed by atoms with van der Waals surface area (Å²) in [5.41, 5.74) is 0. The average molecular weight is 155 g/mol. The van der Waals surface area contributed by atoms with Crippen LogP contribution in [-0.2, 0) is 4.79 Å². The molecule has 1 saturated heterocycles. The minimum absolute atomic E-state index is 0.435. The zero-order valence-corrected chi connectivity index (χ0v) is 7.47. The Kier molecular flexibility index (Phi) is 3.06. The molecule has 0 aromatic heterocycles. The second kappa shape index (κ2) is 3.86.